The van der Waals surface area contributed by atoms with Gasteiger partial charge in [-0.25, -0.2) is 0 Å². The molecule has 0 saturated carbocycles. The Morgan fingerprint density at radius 2 is 2.17 bits per heavy atom. The van der Waals surface area contributed by atoms with E-state index >= 15 is 0 Å². The fourth-order valence-corrected chi connectivity index (χ4v) is 0.136. The van der Waals surface area contributed by atoms with E-state index in [0.717, 1.165) is 6.32 Å². The van der Waals surface area contributed by atoms with Gasteiger partial charge in [0.2, 0.25) is 0 Å². The van der Waals surface area contributed by atoms with E-state index in [2.05, 4.69) is 0 Å². The van der Waals surface area contributed by atoms with Crippen LogP contribution in [0.4, 0.5) is 0 Å². The van der Waals surface area contributed by atoms with Crippen molar-refractivity contribution in [2.45, 2.75) is 13.2 Å². The van der Waals surface area contributed by atoms with Crippen molar-refractivity contribution in [1.29, 1.82) is 0 Å². The van der Waals surface area contributed by atoms with Crippen LogP contribution < -0.4 is 0 Å². The topological polar surface area (TPSA) is 0 Å². The number of rotatable bonds is 2. The Kier molecular flexibility index (Phi) is 15.5. The van der Waals surface area contributed by atoms with Gasteiger partial charge in [-0.05, 0) is 0 Å². The van der Waals surface area contributed by atoms with Gasteiger partial charge in [-0.2, -0.15) is 0 Å². The van der Waals surface area contributed by atoms with Crippen LogP contribution in [0, 0.1) is 0 Å². The summed E-state index contributed by atoms with van der Waals surface area (Å²) in [5.74, 6) is 0. The van der Waals surface area contributed by atoms with Gasteiger partial charge in [0.25, 0.3) is 0 Å². The van der Waals surface area contributed by atoms with Crippen molar-refractivity contribution >= 4 is 22.0 Å². The summed E-state index contributed by atoms with van der Waals surface area (Å²) in [6.07, 6.45) is 1.04. The summed E-state index contributed by atoms with van der Waals surface area (Å²) in [4.78, 5) is 0. The third-order valence-electron chi connectivity index (χ3n) is 0.372. The van der Waals surface area contributed by atoms with Crippen LogP contribution >= 0.6 is 0 Å². The Bertz CT molecular complexity index is 16.3. The number of hydrogen-bond donors (Lipinski definition) is 0. The van der Waals surface area contributed by atoms with Crippen LogP contribution in [0.25, 0.3) is 0 Å². The molecule has 0 aromatic carbocycles. The average molecular weight is 157 g/mol. The van der Waals surface area contributed by atoms with Gasteiger partial charge >= 0.3 is 0 Å². The zero-order valence-electron chi connectivity index (χ0n) is 3.85. The fourth-order valence-electron chi connectivity index (χ4n) is 0.136. The molecule has 0 heterocycles. The monoisotopic (exact) mass is 160 g/mol. The van der Waals surface area contributed by atoms with Gasteiger partial charge < -0.3 is 0 Å². The molecule has 0 saturated heterocycles. The Morgan fingerprint density at radius 1 is 1.67 bits per heavy atom. The van der Waals surface area contributed by atoms with E-state index in [9.17, 15) is 0 Å². The maximum Gasteiger partial charge on any atom is 0.0541 e. The molecule has 0 amide bonds. The smallest absolute Gasteiger partial charge is 0.0541 e. The van der Waals surface area contributed by atoms with Crippen LogP contribution in [0.15, 0.2) is 0 Å². The second-order valence-corrected chi connectivity index (χ2v) is 0.836. The minimum atomic E-state index is 0. The third-order valence-corrected chi connectivity index (χ3v) is 0.372. The molecule has 0 rings (SSSR count). The minimum absolute atomic E-state index is 0. The summed E-state index contributed by atoms with van der Waals surface area (Å²) < 4.78 is 0. The number of hydrogen-bond acceptors (Lipinski definition) is 0. The molecule has 0 aliphatic rings. The second kappa shape index (κ2) is 9.30. The van der Waals surface area contributed by atoms with Crippen molar-refractivity contribution in [2.24, 2.45) is 0 Å². The van der Waals surface area contributed by atoms with Gasteiger partial charge in [-0.1, -0.05) is 13.2 Å². The Hall–Kier alpha value is 0.883. The van der Waals surface area contributed by atoms with E-state index in [0.29, 0.717) is 0 Å². The summed E-state index contributed by atoms with van der Waals surface area (Å²) in [7, 11) is 8.42. The predicted molar refractivity (Wildman–Crippen MR) is 27.7 cm³/mol. The molecule has 0 nitrogen and oxygen atoms in total. The maximum atomic E-state index is 4.96. The summed E-state index contributed by atoms with van der Waals surface area (Å²) in [5.41, 5.74) is 0. The first-order chi connectivity index (χ1) is 2.41. The molecule has 0 atom stereocenters. The Labute approximate surface area is 56.6 Å². The minimum Gasteiger partial charge on any atom is -0.0923 e. The van der Waals surface area contributed by atoms with E-state index < -0.39 is 0 Å². The molecular weight excluding hydrogens is 152 g/mol. The van der Waals surface area contributed by atoms with Crippen LogP contribution in [0.5, 0.6) is 0 Å². The van der Waals surface area contributed by atoms with E-state index in [1.807, 2.05) is 14.1 Å². The summed E-state index contributed by atoms with van der Waals surface area (Å²) in [6.45, 7) is 2.04. The maximum absolute atomic E-state index is 4.96. The van der Waals surface area contributed by atoms with Crippen molar-refractivity contribution in [3.63, 3.8) is 0 Å². The molecule has 0 spiro atoms. The van der Waals surface area contributed by atoms with Crippen LogP contribution in [0.3, 0.4) is 0 Å². The van der Waals surface area contributed by atoms with Gasteiger partial charge in [0.15, 0.2) is 0 Å². The van der Waals surface area contributed by atoms with Crippen molar-refractivity contribution in [3.05, 3.63) is 0 Å². The van der Waals surface area contributed by atoms with Crippen molar-refractivity contribution < 1.29 is 21.1 Å². The van der Waals surface area contributed by atoms with Crippen LogP contribution in [0.1, 0.15) is 6.92 Å². The molecule has 28 valence electrons. The molecule has 4 heteroatoms. The summed E-state index contributed by atoms with van der Waals surface area (Å²) in [6, 6.07) is 0. The summed E-state index contributed by atoms with van der Waals surface area (Å²) >= 11 is 0. The summed E-state index contributed by atoms with van der Waals surface area (Å²) in [5, 5.41) is 0. The van der Waals surface area contributed by atoms with Crippen molar-refractivity contribution in [2.75, 3.05) is 0 Å². The van der Waals surface area contributed by atoms with Gasteiger partial charge in [0.1, 0.15) is 0 Å². The standard InChI is InChI=1S/C2H5B3.Mo/c1-2-4-5-3;/h2H2,1H3;. The zero-order chi connectivity index (χ0) is 4.12. The SMILES string of the molecule is [B][B][B]CC.[Mo]. The predicted octanol–water partition coefficient (Wildman–Crippen LogP) is -0.171. The zero-order valence-corrected chi connectivity index (χ0v) is 5.85. The molecular formula is C2H5B3Mo. The largest absolute Gasteiger partial charge is 0.0923 e. The molecule has 0 aliphatic carbocycles. The normalized spacial score (nSPS) is 5.50. The first-order valence-electron chi connectivity index (χ1n) is 1.78. The first kappa shape index (κ1) is 9.99. The molecule has 0 unspecified atom stereocenters. The molecule has 0 fully saturated rings. The van der Waals surface area contributed by atoms with Crippen molar-refractivity contribution in [1.82, 2.24) is 0 Å². The Morgan fingerprint density at radius 3 is 2.17 bits per heavy atom. The average Bonchev–Trinajstić information content (AvgIpc) is 1.41. The molecule has 4 radical (unpaired) electrons. The van der Waals surface area contributed by atoms with E-state index in [-0.39, 0.29) is 21.1 Å². The molecule has 0 aromatic rings. The third kappa shape index (κ3) is 8.86. The molecule has 6 heavy (non-hydrogen) atoms. The van der Waals surface area contributed by atoms with E-state index in [1.165, 1.54) is 0 Å². The van der Waals surface area contributed by atoms with Gasteiger partial charge in [0.05, 0.1) is 7.17 Å². The van der Waals surface area contributed by atoms with Gasteiger partial charge in [-0.15, -0.1) is 0 Å². The van der Waals surface area contributed by atoms with Crippen LogP contribution in [-0.2, 0) is 21.1 Å². The second-order valence-electron chi connectivity index (χ2n) is 0.836. The molecule has 0 aliphatic heterocycles. The first-order valence-corrected chi connectivity index (χ1v) is 1.78. The van der Waals surface area contributed by atoms with Gasteiger partial charge in [-0.3, -0.25) is 0 Å². The van der Waals surface area contributed by atoms with Gasteiger partial charge in [0, 0.05) is 35.9 Å². The van der Waals surface area contributed by atoms with Crippen LogP contribution in [-0.4, -0.2) is 22.0 Å². The molecule has 0 N–H and O–H groups in total. The fraction of sp³-hybridized carbons (Fsp3) is 1.00. The quantitative estimate of drug-likeness (QED) is 0.488. The Balaban J connectivity index is 0. The van der Waals surface area contributed by atoms with E-state index in [1.54, 1.807) is 7.06 Å². The van der Waals surface area contributed by atoms with E-state index in [4.69, 9.17) is 7.74 Å². The molecule has 0 bridgehead atoms. The molecule has 0 aromatic heterocycles. The van der Waals surface area contributed by atoms with Crippen LogP contribution in [0.2, 0.25) is 6.32 Å². The van der Waals surface area contributed by atoms with Crippen molar-refractivity contribution in [3.8, 4) is 0 Å².